The molecule has 1 amide bonds. The van der Waals surface area contributed by atoms with Gasteiger partial charge in [0.05, 0.1) is 36.6 Å². The Morgan fingerprint density at radius 3 is 2.55 bits per heavy atom. The number of fused-ring (bicyclic) bond motifs is 3. The summed E-state index contributed by atoms with van der Waals surface area (Å²) in [4.78, 5) is 26.1. The molecule has 0 fully saturated rings. The van der Waals surface area contributed by atoms with E-state index in [-0.39, 0.29) is 11.2 Å². The molecule has 8 heteroatoms. The number of para-hydroxylation sites is 1. The second-order valence-electron chi connectivity index (χ2n) is 7.51. The largest absolute Gasteiger partial charge is 0.497 e. The first-order valence-corrected chi connectivity index (χ1v) is 10.2. The van der Waals surface area contributed by atoms with Crippen LogP contribution < -0.4 is 15.6 Å². The molecule has 3 aromatic carbocycles. The van der Waals surface area contributed by atoms with Gasteiger partial charge in [-0.2, -0.15) is 5.10 Å². The smallest absolute Gasteiger partial charge is 0.277 e. The molecule has 0 saturated carbocycles. The van der Waals surface area contributed by atoms with Crippen molar-refractivity contribution < 1.29 is 13.9 Å². The van der Waals surface area contributed by atoms with Gasteiger partial charge in [-0.15, -0.1) is 0 Å². The zero-order chi connectivity index (χ0) is 22.9. The summed E-state index contributed by atoms with van der Waals surface area (Å²) in [7, 11) is 1.59. The molecule has 1 N–H and O–H groups in total. The van der Waals surface area contributed by atoms with Crippen LogP contribution >= 0.6 is 0 Å². The van der Waals surface area contributed by atoms with Gasteiger partial charge in [0, 0.05) is 5.56 Å². The Hall–Kier alpha value is -4.46. The van der Waals surface area contributed by atoms with Crippen LogP contribution in [0.3, 0.4) is 0 Å². The number of carbonyl (C=O) groups excluding carboxylic acids is 1. The fraction of sp³-hybridized carbons (Fsp3) is 0.0800. The molecule has 5 rings (SSSR count). The minimum Gasteiger partial charge on any atom is -0.497 e. The Labute approximate surface area is 187 Å². The highest BCUT2D eigenvalue weighted by Crippen LogP contribution is 2.20. The number of halogens is 1. The molecule has 0 radical (unpaired) electrons. The maximum atomic E-state index is 14.0. The molecular formula is C25H19FN4O3. The molecule has 0 aliphatic heterocycles. The SMILES string of the molecule is COc1ccc(Cn2c(=O)c3ccnn3c3ccc(C(=O)Nc4ccccc4F)cc32)cc1. The lowest BCUT2D eigenvalue weighted by atomic mass is 10.1. The highest BCUT2D eigenvalue weighted by atomic mass is 19.1. The Morgan fingerprint density at radius 1 is 1.00 bits per heavy atom. The van der Waals surface area contributed by atoms with Crippen molar-refractivity contribution >= 4 is 28.1 Å². The molecule has 5 aromatic rings. The van der Waals surface area contributed by atoms with Crippen molar-refractivity contribution in [1.29, 1.82) is 0 Å². The lowest BCUT2D eigenvalue weighted by Gasteiger charge is -2.14. The van der Waals surface area contributed by atoms with Crippen molar-refractivity contribution in [3.05, 3.63) is 106 Å². The van der Waals surface area contributed by atoms with Crippen LogP contribution in [-0.2, 0) is 6.54 Å². The van der Waals surface area contributed by atoms with Gasteiger partial charge in [0.25, 0.3) is 11.5 Å². The zero-order valence-electron chi connectivity index (χ0n) is 17.7. The number of carbonyl (C=O) groups is 1. The van der Waals surface area contributed by atoms with E-state index in [1.165, 1.54) is 12.1 Å². The topological polar surface area (TPSA) is 77.6 Å². The van der Waals surface area contributed by atoms with Crippen LogP contribution in [0.1, 0.15) is 15.9 Å². The fourth-order valence-corrected chi connectivity index (χ4v) is 3.79. The average Bonchev–Trinajstić information content (AvgIpc) is 3.34. The summed E-state index contributed by atoms with van der Waals surface area (Å²) in [6, 6.07) is 20.0. The number of ether oxygens (including phenoxy) is 1. The van der Waals surface area contributed by atoms with Crippen molar-refractivity contribution in [3.63, 3.8) is 0 Å². The van der Waals surface area contributed by atoms with Crippen molar-refractivity contribution in [2.45, 2.75) is 6.54 Å². The van der Waals surface area contributed by atoms with Gasteiger partial charge in [-0.25, -0.2) is 8.91 Å². The molecule has 2 heterocycles. The number of hydrogen-bond donors (Lipinski definition) is 1. The lowest BCUT2D eigenvalue weighted by molar-refractivity contribution is 0.102. The highest BCUT2D eigenvalue weighted by Gasteiger charge is 2.16. The van der Waals surface area contributed by atoms with Gasteiger partial charge in [0.15, 0.2) is 0 Å². The molecule has 0 spiro atoms. The monoisotopic (exact) mass is 442 g/mol. The van der Waals surface area contributed by atoms with Crippen LogP contribution in [0, 0.1) is 5.82 Å². The van der Waals surface area contributed by atoms with E-state index in [0.29, 0.717) is 34.4 Å². The minimum absolute atomic E-state index is 0.0840. The fourth-order valence-electron chi connectivity index (χ4n) is 3.79. The third kappa shape index (κ3) is 3.71. The van der Waals surface area contributed by atoms with E-state index in [1.807, 2.05) is 24.3 Å². The van der Waals surface area contributed by atoms with Crippen LogP contribution in [0.4, 0.5) is 10.1 Å². The highest BCUT2D eigenvalue weighted by molar-refractivity contribution is 6.06. The Kier molecular flexibility index (Phi) is 5.10. The standard InChI is InChI=1S/C25H19FN4O3/c1-33-18-9-6-16(7-10-18)15-29-23-14-17(24(31)28-20-5-3-2-4-19(20)26)8-11-21(23)30-22(25(29)32)12-13-27-30/h2-14H,15H2,1H3,(H,28,31). The molecule has 164 valence electrons. The molecule has 7 nitrogen and oxygen atoms in total. The first kappa shape index (κ1) is 20.4. The molecule has 2 aromatic heterocycles. The first-order chi connectivity index (χ1) is 16.0. The molecular weight excluding hydrogens is 423 g/mol. The van der Waals surface area contributed by atoms with E-state index in [9.17, 15) is 14.0 Å². The van der Waals surface area contributed by atoms with Crippen molar-refractivity contribution in [2.24, 2.45) is 0 Å². The summed E-state index contributed by atoms with van der Waals surface area (Å²) in [5.74, 6) is -0.290. The van der Waals surface area contributed by atoms with Crippen LogP contribution in [0.2, 0.25) is 0 Å². The Morgan fingerprint density at radius 2 is 1.79 bits per heavy atom. The van der Waals surface area contributed by atoms with Gasteiger partial charge >= 0.3 is 0 Å². The number of amides is 1. The summed E-state index contributed by atoms with van der Waals surface area (Å²) in [6.07, 6.45) is 1.56. The quantitative estimate of drug-likeness (QED) is 0.445. The van der Waals surface area contributed by atoms with Gasteiger partial charge in [-0.3, -0.25) is 9.59 Å². The van der Waals surface area contributed by atoms with Crippen molar-refractivity contribution in [2.75, 3.05) is 12.4 Å². The number of nitrogens with zero attached hydrogens (tertiary/aromatic N) is 3. The molecule has 0 atom stereocenters. The van der Waals surface area contributed by atoms with Gasteiger partial charge in [0.1, 0.15) is 17.1 Å². The van der Waals surface area contributed by atoms with Crippen LogP contribution in [0.15, 0.2) is 83.8 Å². The molecule has 33 heavy (non-hydrogen) atoms. The number of nitrogens with one attached hydrogen (secondary N) is 1. The molecule has 0 aliphatic rings. The van der Waals surface area contributed by atoms with E-state index < -0.39 is 11.7 Å². The van der Waals surface area contributed by atoms with E-state index in [4.69, 9.17) is 4.74 Å². The third-order valence-corrected chi connectivity index (χ3v) is 5.49. The average molecular weight is 442 g/mol. The number of rotatable bonds is 5. The van der Waals surface area contributed by atoms with Gasteiger partial charge in [-0.05, 0) is 54.1 Å². The molecule has 0 aliphatic carbocycles. The van der Waals surface area contributed by atoms with Gasteiger partial charge in [-0.1, -0.05) is 24.3 Å². The predicted molar refractivity (Wildman–Crippen MR) is 123 cm³/mol. The first-order valence-electron chi connectivity index (χ1n) is 10.2. The van der Waals surface area contributed by atoms with E-state index in [1.54, 1.807) is 58.8 Å². The number of aromatic nitrogens is 3. The minimum atomic E-state index is -0.527. The van der Waals surface area contributed by atoms with Crippen molar-refractivity contribution in [3.8, 4) is 5.75 Å². The summed E-state index contributed by atoms with van der Waals surface area (Å²) in [5.41, 5.74) is 2.67. The number of methoxy groups -OCH3 is 1. The second-order valence-corrected chi connectivity index (χ2v) is 7.51. The normalized spacial score (nSPS) is 11.1. The lowest BCUT2D eigenvalue weighted by Crippen LogP contribution is -2.24. The maximum absolute atomic E-state index is 14.0. The Bertz CT molecular complexity index is 1550. The number of benzene rings is 3. The molecule has 0 bridgehead atoms. The van der Waals surface area contributed by atoms with Gasteiger partial charge < -0.3 is 14.6 Å². The van der Waals surface area contributed by atoms with Crippen LogP contribution in [0.5, 0.6) is 5.75 Å². The zero-order valence-corrected chi connectivity index (χ0v) is 17.7. The molecule has 0 saturated heterocycles. The maximum Gasteiger partial charge on any atom is 0.277 e. The van der Waals surface area contributed by atoms with Gasteiger partial charge in [0.2, 0.25) is 0 Å². The summed E-state index contributed by atoms with van der Waals surface area (Å²) >= 11 is 0. The van der Waals surface area contributed by atoms with Crippen LogP contribution in [0.25, 0.3) is 16.6 Å². The van der Waals surface area contributed by atoms with E-state index >= 15 is 0 Å². The summed E-state index contributed by atoms with van der Waals surface area (Å²) in [5, 5.41) is 6.85. The third-order valence-electron chi connectivity index (χ3n) is 5.49. The predicted octanol–water partition coefficient (Wildman–Crippen LogP) is 4.10. The van der Waals surface area contributed by atoms with Crippen LogP contribution in [-0.4, -0.2) is 27.2 Å². The molecule has 0 unspecified atom stereocenters. The summed E-state index contributed by atoms with van der Waals surface area (Å²) in [6.45, 7) is 0.291. The van der Waals surface area contributed by atoms with E-state index in [0.717, 1.165) is 5.56 Å². The second kappa shape index (κ2) is 8.23. The van der Waals surface area contributed by atoms with E-state index in [2.05, 4.69) is 10.4 Å². The Balaban J connectivity index is 1.62. The summed E-state index contributed by atoms with van der Waals surface area (Å²) < 4.78 is 22.4. The van der Waals surface area contributed by atoms with Crippen molar-refractivity contribution in [1.82, 2.24) is 14.2 Å². The number of anilines is 1. The number of hydrogen-bond acceptors (Lipinski definition) is 4.